The van der Waals surface area contributed by atoms with Crippen LogP contribution < -0.4 is 22.1 Å². The molecule has 1 aliphatic rings. The summed E-state index contributed by atoms with van der Waals surface area (Å²) in [5.41, 5.74) is 16.7. The monoisotopic (exact) mass is 472 g/mol. The fourth-order valence-corrected chi connectivity index (χ4v) is 4.23. The van der Waals surface area contributed by atoms with Gasteiger partial charge in [0, 0.05) is 6.42 Å². The van der Waals surface area contributed by atoms with Crippen LogP contribution in [0.2, 0.25) is 0 Å². The van der Waals surface area contributed by atoms with Crippen LogP contribution >= 0.6 is 7.60 Å². The second-order valence-corrected chi connectivity index (χ2v) is 9.07. The second kappa shape index (κ2) is 9.54. The maximum atomic E-state index is 12.1. The van der Waals surface area contributed by atoms with Crippen LogP contribution in [0.3, 0.4) is 0 Å². The van der Waals surface area contributed by atoms with Gasteiger partial charge >= 0.3 is 0 Å². The van der Waals surface area contributed by atoms with Crippen LogP contribution in [-0.4, -0.2) is 78.5 Å². The Morgan fingerprint density at radius 2 is 2.03 bits per heavy atom. The van der Waals surface area contributed by atoms with Gasteiger partial charge < -0.3 is 46.1 Å². The van der Waals surface area contributed by atoms with Gasteiger partial charge in [0.25, 0.3) is 0 Å². The van der Waals surface area contributed by atoms with E-state index in [1.807, 2.05) is 0 Å². The number of primary amides is 1. The predicted octanol–water partition coefficient (Wildman–Crippen LogP) is -3.24. The van der Waals surface area contributed by atoms with Crippen LogP contribution in [0.25, 0.3) is 11.2 Å². The van der Waals surface area contributed by atoms with Crippen molar-refractivity contribution in [3.63, 3.8) is 0 Å². The topological polar surface area (TPSA) is 255 Å². The Kier molecular flexibility index (Phi) is 7.19. The molecule has 1 fully saturated rings. The summed E-state index contributed by atoms with van der Waals surface area (Å²) in [5, 5.41) is 20.6. The molecular formula is C16H23N7O8P-. The third-order valence-corrected chi connectivity index (χ3v) is 6.14. The van der Waals surface area contributed by atoms with Crippen LogP contribution in [0.15, 0.2) is 12.7 Å². The Bertz CT molecular complexity index is 1050. The standard InChI is InChI=1S/C16H24N7O8P/c17-7(1-2-10(18)25)8(24)4-32(28,29)30-3-9-12(26)13(27)16(31-9)23-6-22-11-14(19)20-5-21-15(11)23/h5-7,9,12-13,16,26-27H,1-4,17H2,(H2,18,25)(H,28,29)(H2,19,20,21)/p-1/t7-,9+,12+,13+,16+/m0/s1. The van der Waals surface area contributed by atoms with E-state index in [0.717, 1.165) is 0 Å². The lowest BCUT2D eigenvalue weighted by Gasteiger charge is -2.26. The third kappa shape index (κ3) is 5.27. The number of rotatable bonds is 10. The van der Waals surface area contributed by atoms with Crippen LogP contribution in [-0.2, 0) is 23.4 Å². The molecule has 0 aliphatic carbocycles. The fourth-order valence-electron chi connectivity index (χ4n) is 3.15. The Labute approximate surface area is 181 Å². The molecule has 32 heavy (non-hydrogen) atoms. The van der Waals surface area contributed by atoms with Crippen molar-refractivity contribution in [3.05, 3.63) is 12.7 Å². The number of aromatic nitrogens is 4. The molecule has 1 amide bonds. The highest BCUT2D eigenvalue weighted by Crippen LogP contribution is 2.39. The number of nitrogens with two attached hydrogens (primary N) is 3. The molecule has 16 heteroatoms. The minimum atomic E-state index is -4.70. The van der Waals surface area contributed by atoms with Crippen LogP contribution in [0.4, 0.5) is 5.82 Å². The van der Waals surface area contributed by atoms with Gasteiger partial charge in [0.05, 0.1) is 25.1 Å². The summed E-state index contributed by atoms with van der Waals surface area (Å²) < 4.78 is 23.8. The average Bonchev–Trinajstić information content (AvgIpc) is 3.27. The first kappa shape index (κ1) is 24.1. The van der Waals surface area contributed by atoms with Crippen molar-refractivity contribution >= 4 is 36.3 Å². The number of carbonyl (C=O) groups is 2. The largest absolute Gasteiger partial charge is 0.778 e. The fraction of sp³-hybridized carbons (Fsp3) is 0.562. The number of hydrogen-bond acceptors (Lipinski definition) is 13. The number of nitrogens with zero attached hydrogens (tertiary/aromatic N) is 4. The number of fused-ring (bicyclic) bond motifs is 1. The minimum absolute atomic E-state index is 0.0978. The van der Waals surface area contributed by atoms with E-state index in [1.165, 1.54) is 17.2 Å². The first-order valence-corrected chi connectivity index (χ1v) is 11.2. The number of hydrogen-bond donors (Lipinski definition) is 5. The number of amides is 1. The van der Waals surface area contributed by atoms with Gasteiger partial charge in [-0.2, -0.15) is 0 Å². The maximum absolute atomic E-state index is 12.1. The molecule has 0 spiro atoms. The molecule has 1 saturated heterocycles. The summed E-state index contributed by atoms with van der Waals surface area (Å²) in [6, 6.07) is -1.20. The highest BCUT2D eigenvalue weighted by Gasteiger charge is 2.45. The summed E-state index contributed by atoms with van der Waals surface area (Å²) >= 11 is 0. The zero-order valence-corrected chi connectivity index (χ0v) is 17.6. The molecule has 15 nitrogen and oxygen atoms in total. The number of ether oxygens (including phenoxy) is 1. The molecule has 3 rings (SSSR count). The number of aliphatic hydroxyl groups is 2. The molecule has 0 saturated carbocycles. The molecule has 3 heterocycles. The van der Waals surface area contributed by atoms with Gasteiger partial charge in [-0.05, 0) is 6.42 Å². The Morgan fingerprint density at radius 1 is 1.31 bits per heavy atom. The van der Waals surface area contributed by atoms with Crippen LogP contribution in [0.1, 0.15) is 19.1 Å². The van der Waals surface area contributed by atoms with Crippen molar-refractivity contribution in [1.29, 1.82) is 0 Å². The number of ketones is 1. The van der Waals surface area contributed by atoms with Crippen molar-refractivity contribution in [2.24, 2.45) is 11.5 Å². The van der Waals surface area contributed by atoms with Crippen molar-refractivity contribution < 1.29 is 38.5 Å². The maximum Gasteiger partial charge on any atom is 0.217 e. The van der Waals surface area contributed by atoms with E-state index in [9.17, 15) is 29.3 Å². The smallest absolute Gasteiger partial charge is 0.217 e. The van der Waals surface area contributed by atoms with Crippen molar-refractivity contribution in [1.82, 2.24) is 19.5 Å². The van der Waals surface area contributed by atoms with Crippen molar-refractivity contribution in [2.75, 3.05) is 18.5 Å². The van der Waals surface area contributed by atoms with Gasteiger partial charge in [0.1, 0.15) is 37.8 Å². The van der Waals surface area contributed by atoms with Gasteiger partial charge in [-0.25, -0.2) is 15.0 Å². The zero-order valence-electron chi connectivity index (χ0n) is 16.7. The zero-order chi connectivity index (χ0) is 23.6. The summed E-state index contributed by atoms with van der Waals surface area (Å²) in [5.74, 6) is -1.42. The number of nitrogen functional groups attached to an aromatic ring is 1. The molecule has 2 aromatic heterocycles. The molecule has 6 atom stereocenters. The average molecular weight is 472 g/mol. The Balaban J connectivity index is 1.61. The summed E-state index contributed by atoms with van der Waals surface area (Å²) in [7, 11) is -4.70. The van der Waals surface area contributed by atoms with Crippen LogP contribution in [0.5, 0.6) is 0 Å². The lowest BCUT2D eigenvalue weighted by molar-refractivity contribution is -0.201. The quantitative estimate of drug-likeness (QED) is 0.213. The van der Waals surface area contributed by atoms with E-state index in [-0.39, 0.29) is 29.8 Å². The van der Waals surface area contributed by atoms with Gasteiger partial charge in [-0.3, -0.25) is 14.2 Å². The molecule has 2 aromatic rings. The van der Waals surface area contributed by atoms with E-state index in [2.05, 4.69) is 15.0 Å². The molecule has 1 aliphatic heterocycles. The third-order valence-electron chi connectivity index (χ3n) is 4.90. The molecule has 8 N–H and O–H groups in total. The van der Waals surface area contributed by atoms with Gasteiger partial charge in [-0.15, -0.1) is 0 Å². The summed E-state index contributed by atoms with van der Waals surface area (Å²) in [6.07, 6.45) is -4.18. The lowest BCUT2D eigenvalue weighted by Crippen LogP contribution is -2.36. The molecule has 0 aromatic carbocycles. The molecule has 0 radical (unpaired) electrons. The van der Waals surface area contributed by atoms with E-state index >= 15 is 0 Å². The summed E-state index contributed by atoms with van der Waals surface area (Å²) in [6.45, 7) is -0.664. The Hall–Kier alpha value is -2.52. The lowest BCUT2D eigenvalue weighted by atomic mass is 10.1. The first-order valence-electron chi connectivity index (χ1n) is 9.46. The van der Waals surface area contributed by atoms with E-state index in [4.69, 9.17) is 26.5 Å². The van der Waals surface area contributed by atoms with E-state index in [1.54, 1.807) is 0 Å². The number of aliphatic hydroxyl groups excluding tert-OH is 2. The van der Waals surface area contributed by atoms with Crippen molar-refractivity contribution in [3.8, 4) is 0 Å². The second-order valence-electron chi connectivity index (χ2n) is 7.27. The number of anilines is 1. The normalized spacial score (nSPS) is 26.1. The van der Waals surface area contributed by atoms with Gasteiger partial charge in [-0.1, -0.05) is 0 Å². The number of imidazole rings is 1. The Morgan fingerprint density at radius 3 is 2.72 bits per heavy atom. The number of carbonyl (C=O) groups excluding carboxylic acids is 2. The molecular weight excluding hydrogens is 449 g/mol. The van der Waals surface area contributed by atoms with Gasteiger partial charge in [0.2, 0.25) is 5.91 Å². The molecule has 176 valence electrons. The first-order chi connectivity index (χ1) is 15.0. The molecule has 0 bridgehead atoms. The molecule has 1 unspecified atom stereocenters. The number of Topliss-reactive ketones (excluding diaryl/α,β-unsaturated/α-hetero) is 1. The van der Waals surface area contributed by atoms with E-state index < -0.39 is 62.6 Å². The van der Waals surface area contributed by atoms with Crippen molar-refractivity contribution in [2.45, 2.75) is 43.4 Å². The predicted molar refractivity (Wildman–Crippen MR) is 105 cm³/mol. The SMILES string of the molecule is NC(=O)CC[C@H](N)C(=O)CP(=O)([O-])OC[C@H]1O[C@@H](n2cnc3c(N)ncnc32)[C@H](O)[C@@H]1O. The van der Waals surface area contributed by atoms with Crippen LogP contribution in [0, 0.1) is 0 Å². The summed E-state index contributed by atoms with van der Waals surface area (Å²) in [4.78, 5) is 46.7. The highest BCUT2D eigenvalue weighted by molar-refractivity contribution is 7.52. The minimum Gasteiger partial charge on any atom is -0.778 e. The highest BCUT2D eigenvalue weighted by atomic mass is 31.2. The van der Waals surface area contributed by atoms with E-state index in [0.29, 0.717) is 0 Å². The van der Waals surface area contributed by atoms with Gasteiger partial charge in [0.15, 0.2) is 23.5 Å².